The van der Waals surface area contributed by atoms with Crippen molar-refractivity contribution in [2.45, 2.75) is 6.92 Å². The van der Waals surface area contributed by atoms with Gasteiger partial charge in [-0.1, -0.05) is 11.2 Å². The van der Waals surface area contributed by atoms with Crippen molar-refractivity contribution < 1.29 is 14.0 Å². The lowest BCUT2D eigenvalue weighted by Gasteiger charge is -1.99. The third-order valence-corrected chi connectivity index (χ3v) is 2.84. The Balaban J connectivity index is 2.07. The van der Waals surface area contributed by atoms with Gasteiger partial charge in [0.15, 0.2) is 0 Å². The van der Waals surface area contributed by atoms with Gasteiger partial charge < -0.3 is 9.63 Å². The SMILES string of the molecule is Cc1cccnc1-c1noc(-c2cc(F)ccc2O)n1. The zero-order valence-electron chi connectivity index (χ0n) is 10.5. The van der Waals surface area contributed by atoms with E-state index in [1.54, 1.807) is 12.3 Å². The van der Waals surface area contributed by atoms with Crippen molar-refractivity contribution in [3.8, 4) is 28.7 Å². The molecule has 0 aliphatic rings. The Morgan fingerprint density at radius 1 is 1.25 bits per heavy atom. The summed E-state index contributed by atoms with van der Waals surface area (Å²) in [6, 6.07) is 7.20. The Bertz CT molecular complexity index is 771. The molecule has 5 nitrogen and oxygen atoms in total. The molecule has 0 spiro atoms. The van der Waals surface area contributed by atoms with E-state index >= 15 is 0 Å². The number of halogens is 1. The highest BCUT2D eigenvalue weighted by Gasteiger charge is 2.16. The number of phenols is 1. The van der Waals surface area contributed by atoms with Gasteiger partial charge in [-0.3, -0.25) is 4.98 Å². The van der Waals surface area contributed by atoms with Crippen LogP contribution in [-0.4, -0.2) is 20.2 Å². The van der Waals surface area contributed by atoms with E-state index in [-0.39, 0.29) is 17.2 Å². The van der Waals surface area contributed by atoms with Crippen LogP contribution in [0, 0.1) is 12.7 Å². The number of pyridine rings is 1. The number of aromatic hydroxyl groups is 1. The van der Waals surface area contributed by atoms with E-state index in [9.17, 15) is 9.50 Å². The monoisotopic (exact) mass is 271 g/mol. The summed E-state index contributed by atoms with van der Waals surface area (Å²) in [7, 11) is 0. The van der Waals surface area contributed by atoms with Gasteiger partial charge in [0, 0.05) is 6.20 Å². The Morgan fingerprint density at radius 3 is 2.90 bits per heavy atom. The maximum Gasteiger partial charge on any atom is 0.262 e. The summed E-state index contributed by atoms with van der Waals surface area (Å²) in [4.78, 5) is 8.32. The summed E-state index contributed by atoms with van der Waals surface area (Å²) in [6.07, 6.45) is 1.62. The third-order valence-electron chi connectivity index (χ3n) is 2.84. The minimum Gasteiger partial charge on any atom is -0.507 e. The Kier molecular flexibility index (Phi) is 2.90. The van der Waals surface area contributed by atoms with Crippen LogP contribution in [-0.2, 0) is 0 Å². The van der Waals surface area contributed by atoms with Gasteiger partial charge in [-0.15, -0.1) is 0 Å². The number of nitrogens with zero attached hydrogens (tertiary/aromatic N) is 3. The van der Waals surface area contributed by atoms with Crippen molar-refractivity contribution in [1.29, 1.82) is 0 Å². The van der Waals surface area contributed by atoms with Gasteiger partial charge in [0.2, 0.25) is 5.82 Å². The second-order valence-corrected chi connectivity index (χ2v) is 4.25. The highest BCUT2D eigenvalue weighted by Crippen LogP contribution is 2.30. The molecule has 0 radical (unpaired) electrons. The van der Waals surface area contributed by atoms with Gasteiger partial charge >= 0.3 is 0 Å². The molecule has 0 aliphatic heterocycles. The first-order valence-electron chi connectivity index (χ1n) is 5.90. The van der Waals surface area contributed by atoms with Crippen LogP contribution in [0.3, 0.4) is 0 Å². The summed E-state index contributed by atoms with van der Waals surface area (Å²) in [5.74, 6) is -0.283. The molecule has 0 saturated carbocycles. The molecular weight excluding hydrogens is 261 g/mol. The second kappa shape index (κ2) is 4.73. The first-order valence-corrected chi connectivity index (χ1v) is 5.90. The van der Waals surface area contributed by atoms with E-state index in [1.807, 2.05) is 13.0 Å². The summed E-state index contributed by atoms with van der Waals surface area (Å²) in [5, 5.41) is 13.5. The van der Waals surface area contributed by atoms with Crippen molar-refractivity contribution in [3.63, 3.8) is 0 Å². The van der Waals surface area contributed by atoms with Crippen LogP contribution in [0.5, 0.6) is 5.75 Å². The summed E-state index contributed by atoms with van der Waals surface area (Å²) in [6.45, 7) is 1.87. The molecule has 2 aromatic heterocycles. The number of aryl methyl sites for hydroxylation is 1. The number of hydrogen-bond acceptors (Lipinski definition) is 5. The molecular formula is C14H10FN3O2. The molecule has 1 N–H and O–H groups in total. The van der Waals surface area contributed by atoms with E-state index < -0.39 is 5.82 Å². The second-order valence-electron chi connectivity index (χ2n) is 4.25. The minimum atomic E-state index is -0.494. The van der Waals surface area contributed by atoms with E-state index in [4.69, 9.17) is 4.52 Å². The molecule has 0 saturated heterocycles. The molecule has 3 rings (SSSR count). The van der Waals surface area contributed by atoms with Crippen molar-refractivity contribution in [2.24, 2.45) is 0 Å². The van der Waals surface area contributed by atoms with Crippen molar-refractivity contribution in [2.75, 3.05) is 0 Å². The standard InChI is InChI=1S/C14H10FN3O2/c1-8-3-2-6-16-12(8)13-17-14(20-18-13)10-7-9(15)4-5-11(10)19/h2-7,19H,1H3. The molecule has 0 aliphatic carbocycles. The van der Waals surface area contributed by atoms with Crippen LogP contribution in [0.25, 0.3) is 23.0 Å². The summed E-state index contributed by atoms with van der Waals surface area (Å²) >= 11 is 0. The first-order chi connectivity index (χ1) is 9.65. The average molecular weight is 271 g/mol. The van der Waals surface area contributed by atoms with Gasteiger partial charge in [0.05, 0.1) is 5.56 Å². The van der Waals surface area contributed by atoms with Gasteiger partial charge in [-0.05, 0) is 36.8 Å². The fourth-order valence-electron chi connectivity index (χ4n) is 1.83. The molecule has 100 valence electrons. The van der Waals surface area contributed by atoms with Crippen LogP contribution in [0.1, 0.15) is 5.56 Å². The zero-order chi connectivity index (χ0) is 14.1. The highest BCUT2D eigenvalue weighted by atomic mass is 19.1. The molecule has 0 amide bonds. The van der Waals surface area contributed by atoms with Gasteiger partial charge in [0.1, 0.15) is 17.3 Å². The first kappa shape index (κ1) is 12.3. The molecule has 1 aromatic carbocycles. The zero-order valence-corrected chi connectivity index (χ0v) is 10.5. The Labute approximate surface area is 113 Å². The van der Waals surface area contributed by atoms with E-state index in [0.29, 0.717) is 11.5 Å². The molecule has 0 atom stereocenters. The number of benzene rings is 1. The third kappa shape index (κ3) is 2.11. The predicted octanol–water partition coefficient (Wildman–Crippen LogP) is 2.95. The molecule has 0 bridgehead atoms. The molecule has 0 unspecified atom stereocenters. The minimum absolute atomic E-state index is 0.0436. The van der Waals surface area contributed by atoms with E-state index in [1.165, 1.54) is 6.07 Å². The summed E-state index contributed by atoms with van der Waals surface area (Å²) in [5.41, 5.74) is 1.62. The van der Waals surface area contributed by atoms with E-state index in [2.05, 4.69) is 15.1 Å². The van der Waals surface area contributed by atoms with Crippen LogP contribution in [0.15, 0.2) is 41.1 Å². The smallest absolute Gasteiger partial charge is 0.262 e. The van der Waals surface area contributed by atoms with Crippen LogP contribution >= 0.6 is 0 Å². The topological polar surface area (TPSA) is 72.0 Å². The van der Waals surface area contributed by atoms with E-state index in [0.717, 1.165) is 17.7 Å². The maximum atomic E-state index is 13.2. The maximum absolute atomic E-state index is 13.2. The number of phenolic OH excluding ortho intramolecular Hbond substituents is 1. The molecule has 0 fully saturated rings. The number of hydrogen-bond donors (Lipinski definition) is 1. The number of aromatic nitrogens is 3. The normalized spacial score (nSPS) is 10.7. The molecule has 20 heavy (non-hydrogen) atoms. The lowest BCUT2D eigenvalue weighted by Crippen LogP contribution is -1.89. The summed E-state index contributed by atoms with van der Waals surface area (Å²) < 4.78 is 18.3. The molecule has 3 aromatic rings. The molecule has 6 heteroatoms. The number of rotatable bonds is 2. The largest absolute Gasteiger partial charge is 0.507 e. The fourth-order valence-corrected chi connectivity index (χ4v) is 1.83. The molecule has 2 heterocycles. The van der Waals surface area contributed by atoms with Crippen LogP contribution < -0.4 is 0 Å². The Hall–Kier alpha value is -2.76. The fraction of sp³-hybridized carbons (Fsp3) is 0.0714. The van der Waals surface area contributed by atoms with Crippen LogP contribution in [0.4, 0.5) is 4.39 Å². The van der Waals surface area contributed by atoms with Gasteiger partial charge in [-0.25, -0.2) is 4.39 Å². The predicted molar refractivity (Wildman–Crippen MR) is 69.3 cm³/mol. The van der Waals surface area contributed by atoms with Crippen molar-refractivity contribution in [1.82, 2.24) is 15.1 Å². The average Bonchev–Trinajstić information content (AvgIpc) is 2.91. The Morgan fingerprint density at radius 2 is 2.10 bits per heavy atom. The lowest BCUT2D eigenvalue weighted by molar-refractivity contribution is 0.424. The highest BCUT2D eigenvalue weighted by molar-refractivity contribution is 5.64. The van der Waals surface area contributed by atoms with Crippen molar-refractivity contribution in [3.05, 3.63) is 47.9 Å². The van der Waals surface area contributed by atoms with Gasteiger partial charge in [0.25, 0.3) is 5.89 Å². The lowest BCUT2D eigenvalue weighted by atomic mass is 10.2. The van der Waals surface area contributed by atoms with Crippen LogP contribution in [0.2, 0.25) is 0 Å². The van der Waals surface area contributed by atoms with Gasteiger partial charge in [-0.2, -0.15) is 4.98 Å². The van der Waals surface area contributed by atoms with Crippen molar-refractivity contribution >= 4 is 0 Å². The quantitative estimate of drug-likeness (QED) is 0.775.